The molecule has 3 aromatic carbocycles. The first kappa shape index (κ1) is 15.2. The Morgan fingerprint density at radius 1 is 0.913 bits per heavy atom. The Bertz CT molecular complexity index is 829. The Balaban J connectivity index is 1.85. The third-order valence-electron chi connectivity index (χ3n) is 3.81. The van der Waals surface area contributed by atoms with Crippen molar-refractivity contribution in [1.82, 2.24) is 0 Å². The van der Waals surface area contributed by atoms with Crippen LogP contribution in [0.3, 0.4) is 0 Å². The van der Waals surface area contributed by atoms with E-state index in [1.54, 1.807) is 7.11 Å². The summed E-state index contributed by atoms with van der Waals surface area (Å²) in [7, 11) is 1.67. The van der Waals surface area contributed by atoms with Crippen molar-refractivity contribution in [3.8, 4) is 11.5 Å². The molecule has 0 bridgehead atoms. The van der Waals surface area contributed by atoms with Gasteiger partial charge in [0.25, 0.3) is 0 Å². The van der Waals surface area contributed by atoms with Crippen molar-refractivity contribution in [3.63, 3.8) is 0 Å². The van der Waals surface area contributed by atoms with Gasteiger partial charge in [-0.2, -0.15) is 0 Å². The predicted molar refractivity (Wildman–Crippen MR) is 96.0 cm³/mol. The molecule has 0 saturated carbocycles. The quantitative estimate of drug-likeness (QED) is 0.623. The van der Waals surface area contributed by atoms with Gasteiger partial charge in [-0.1, -0.05) is 60.7 Å². The standard InChI is InChI=1S/C21H20O2/c1-3-7-16-12-13-20(21(14-16)22-2)23-15-18-10-6-9-17-8-4-5-11-19(17)18/h3-14H,15H2,1-2H3/b7-3+. The van der Waals surface area contributed by atoms with Crippen molar-refractivity contribution in [2.24, 2.45) is 0 Å². The molecule has 0 heterocycles. The minimum absolute atomic E-state index is 0.515. The third-order valence-corrected chi connectivity index (χ3v) is 3.81. The number of fused-ring (bicyclic) bond motifs is 1. The van der Waals surface area contributed by atoms with E-state index >= 15 is 0 Å². The van der Waals surface area contributed by atoms with Crippen molar-refractivity contribution >= 4 is 16.8 Å². The smallest absolute Gasteiger partial charge is 0.161 e. The second-order valence-corrected chi connectivity index (χ2v) is 5.34. The van der Waals surface area contributed by atoms with E-state index in [4.69, 9.17) is 9.47 Å². The summed E-state index contributed by atoms with van der Waals surface area (Å²) in [4.78, 5) is 0. The fraction of sp³-hybridized carbons (Fsp3) is 0.143. The summed E-state index contributed by atoms with van der Waals surface area (Å²) in [6.45, 7) is 2.51. The summed E-state index contributed by atoms with van der Waals surface area (Å²) in [6, 6.07) is 20.6. The number of rotatable bonds is 5. The van der Waals surface area contributed by atoms with Crippen LogP contribution in [0.4, 0.5) is 0 Å². The summed E-state index contributed by atoms with van der Waals surface area (Å²) in [5.41, 5.74) is 2.27. The molecule has 0 N–H and O–H groups in total. The van der Waals surface area contributed by atoms with E-state index < -0.39 is 0 Å². The molecule has 0 aromatic heterocycles. The van der Waals surface area contributed by atoms with E-state index in [0.29, 0.717) is 6.61 Å². The zero-order valence-corrected chi connectivity index (χ0v) is 13.5. The third kappa shape index (κ3) is 3.37. The fourth-order valence-electron chi connectivity index (χ4n) is 2.67. The second kappa shape index (κ2) is 7.01. The van der Waals surface area contributed by atoms with Gasteiger partial charge in [-0.3, -0.25) is 0 Å². The molecule has 2 nitrogen and oxygen atoms in total. The molecule has 3 rings (SSSR count). The van der Waals surface area contributed by atoms with E-state index in [1.807, 2.05) is 37.3 Å². The average molecular weight is 304 g/mol. The number of benzene rings is 3. The molecule has 0 aliphatic rings. The molecule has 23 heavy (non-hydrogen) atoms. The van der Waals surface area contributed by atoms with Crippen LogP contribution in [0.5, 0.6) is 11.5 Å². The van der Waals surface area contributed by atoms with E-state index in [2.05, 4.69) is 42.5 Å². The van der Waals surface area contributed by atoms with Crippen molar-refractivity contribution in [2.45, 2.75) is 13.5 Å². The van der Waals surface area contributed by atoms with Crippen LogP contribution in [0.15, 0.2) is 66.7 Å². The van der Waals surface area contributed by atoms with Crippen LogP contribution in [-0.2, 0) is 6.61 Å². The van der Waals surface area contributed by atoms with E-state index in [1.165, 1.54) is 16.3 Å². The Hall–Kier alpha value is -2.74. The highest BCUT2D eigenvalue weighted by Gasteiger charge is 2.07. The largest absolute Gasteiger partial charge is 0.493 e. The molecule has 0 atom stereocenters. The van der Waals surface area contributed by atoms with Gasteiger partial charge < -0.3 is 9.47 Å². The highest BCUT2D eigenvalue weighted by molar-refractivity contribution is 5.85. The molecule has 0 saturated heterocycles. The van der Waals surface area contributed by atoms with E-state index in [-0.39, 0.29) is 0 Å². The maximum absolute atomic E-state index is 6.01. The van der Waals surface area contributed by atoms with Crippen molar-refractivity contribution in [3.05, 3.63) is 77.9 Å². The van der Waals surface area contributed by atoms with Gasteiger partial charge in [0.2, 0.25) is 0 Å². The second-order valence-electron chi connectivity index (χ2n) is 5.34. The van der Waals surface area contributed by atoms with Gasteiger partial charge in [0, 0.05) is 0 Å². The van der Waals surface area contributed by atoms with Gasteiger partial charge in [-0.25, -0.2) is 0 Å². The number of allylic oxidation sites excluding steroid dienone is 1. The Kier molecular flexibility index (Phi) is 4.62. The average Bonchev–Trinajstić information content (AvgIpc) is 2.60. The van der Waals surface area contributed by atoms with Gasteiger partial charge in [0.05, 0.1) is 7.11 Å². The molecule has 0 unspecified atom stereocenters. The minimum atomic E-state index is 0.515. The van der Waals surface area contributed by atoms with Crippen molar-refractivity contribution in [1.29, 1.82) is 0 Å². The summed E-state index contributed by atoms with van der Waals surface area (Å²) in [5.74, 6) is 1.51. The van der Waals surface area contributed by atoms with Gasteiger partial charge in [-0.15, -0.1) is 0 Å². The van der Waals surface area contributed by atoms with Gasteiger partial charge in [0.15, 0.2) is 11.5 Å². The zero-order valence-electron chi connectivity index (χ0n) is 13.5. The number of methoxy groups -OCH3 is 1. The van der Waals surface area contributed by atoms with Crippen LogP contribution in [0.2, 0.25) is 0 Å². The monoisotopic (exact) mass is 304 g/mol. The Morgan fingerprint density at radius 3 is 2.57 bits per heavy atom. The number of hydrogen-bond donors (Lipinski definition) is 0. The van der Waals surface area contributed by atoms with Gasteiger partial charge >= 0.3 is 0 Å². The lowest BCUT2D eigenvalue weighted by Gasteiger charge is -2.12. The SMILES string of the molecule is C/C=C/c1ccc(OCc2cccc3ccccc23)c(OC)c1. The van der Waals surface area contributed by atoms with Gasteiger partial charge in [0.1, 0.15) is 6.61 Å². The molecular weight excluding hydrogens is 284 g/mol. The molecule has 0 aliphatic carbocycles. The van der Waals surface area contributed by atoms with Crippen LogP contribution >= 0.6 is 0 Å². The van der Waals surface area contributed by atoms with E-state index in [9.17, 15) is 0 Å². The normalized spacial score (nSPS) is 11.0. The van der Waals surface area contributed by atoms with Crippen LogP contribution in [0.1, 0.15) is 18.1 Å². The first-order valence-electron chi connectivity index (χ1n) is 7.72. The highest BCUT2D eigenvalue weighted by atomic mass is 16.5. The molecule has 0 fully saturated rings. The van der Waals surface area contributed by atoms with Crippen molar-refractivity contribution in [2.75, 3.05) is 7.11 Å². The molecule has 0 aliphatic heterocycles. The van der Waals surface area contributed by atoms with Crippen LogP contribution in [0.25, 0.3) is 16.8 Å². The predicted octanol–water partition coefficient (Wildman–Crippen LogP) is 5.46. The Morgan fingerprint density at radius 2 is 1.74 bits per heavy atom. The van der Waals surface area contributed by atoms with Crippen molar-refractivity contribution < 1.29 is 9.47 Å². The van der Waals surface area contributed by atoms with Gasteiger partial charge in [-0.05, 0) is 41.0 Å². The maximum Gasteiger partial charge on any atom is 0.161 e. The molecule has 2 heteroatoms. The molecule has 3 aromatic rings. The molecule has 0 radical (unpaired) electrons. The summed E-state index contributed by atoms with van der Waals surface area (Å²) in [6.07, 6.45) is 4.04. The van der Waals surface area contributed by atoms with Crippen LogP contribution < -0.4 is 9.47 Å². The lowest BCUT2D eigenvalue weighted by Crippen LogP contribution is -1.98. The van der Waals surface area contributed by atoms with Crippen LogP contribution in [0, 0.1) is 0 Å². The topological polar surface area (TPSA) is 18.5 Å². The lowest BCUT2D eigenvalue weighted by molar-refractivity contribution is 0.285. The maximum atomic E-state index is 6.01. The molecule has 0 amide bonds. The number of ether oxygens (including phenoxy) is 2. The minimum Gasteiger partial charge on any atom is -0.493 e. The molecule has 116 valence electrons. The molecular formula is C21H20O2. The summed E-state index contributed by atoms with van der Waals surface area (Å²) in [5, 5.41) is 2.45. The summed E-state index contributed by atoms with van der Waals surface area (Å²) < 4.78 is 11.5. The Labute approximate surface area is 137 Å². The molecule has 0 spiro atoms. The first-order chi connectivity index (χ1) is 11.3. The lowest BCUT2D eigenvalue weighted by atomic mass is 10.1. The van der Waals surface area contributed by atoms with Crippen LogP contribution in [-0.4, -0.2) is 7.11 Å². The first-order valence-corrected chi connectivity index (χ1v) is 7.72. The zero-order chi connectivity index (χ0) is 16.1. The fourth-order valence-corrected chi connectivity index (χ4v) is 2.67. The number of hydrogen-bond acceptors (Lipinski definition) is 2. The highest BCUT2D eigenvalue weighted by Crippen LogP contribution is 2.30. The summed E-state index contributed by atoms with van der Waals surface area (Å²) >= 11 is 0. The van der Waals surface area contributed by atoms with E-state index in [0.717, 1.165) is 17.1 Å².